The van der Waals surface area contributed by atoms with E-state index in [0.29, 0.717) is 10.7 Å². The minimum atomic E-state index is -0.817. The van der Waals surface area contributed by atoms with Gasteiger partial charge in [0.1, 0.15) is 22.3 Å². The van der Waals surface area contributed by atoms with Gasteiger partial charge in [-0.2, -0.15) is 0 Å². The standard InChI is InChI=1S/C19H19F2N3OS/c1-9-14-10(2)22-18(19(3,4)5)24-17(14)26-15(9)16(25)23-13-7-6-11(20)8-12(13)21/h6-8H,1-5H3,(H,23,25). The molecule has 3 aromatic rings. The molecule has 136 valence electrons. The topological polar surface area (TPSA) is 54.9 Å². The van der Waals surface area contributed by atoms with Gasteiger partial charge in [-0.1, -0.05) is 20.8 Å². The van der Waals surface area contributed by atoms with Gasteiger partial charge < -0.3 is 5.32 Å². The van der Waals surface area contributed by atoms with Crippen molar-refractivity contribution in [3.05, 3.63) is 51.8 Å². The van der Waals surface area contributed by atoms with Crippen LogP contribution in [0.15, 0.2) is 18.2 Å². The van der Waals surface area contributed by atoms with Crippen LogP contribution in [0.2, 0.25) is 0 Å². The van der Waals surface area contributed by atoms with Gasteiger partial charge in [0.25, 0.3) is 5.91 Å². The molecular weight excluding hydrogens is 356 g/mol. The maximum atomic E-state index is 13.8. The molecule has 7 heteroatoms. The summed E-state index contributed by atoms with van der Waals surface area (Å²) < 4.78 is 26.8. The number of nitrogens with one attached hydrogen (secondary N) is 1. The molecule has 1 N–H and O–H groups in total. The lowest BCUT2D eigenvalue weighted by Gasteiger charge is -2.16. The number of thiophene rings is 1. The summed E-state index contributed by atoms with van der Waals surface area (Å²) in [5.41, 5.74) is 1.28. The maximum Gasteiger partial charge on any atom is 0.266 e. The molecule has 0 aliphatic rings. The fourth-order valence-corrected chi connectivity index (χ4v) is 3.79. The first-order valence-electron chi connectivity index (χ1n) is 8.12. The van der Waals surface area contributed by atoms with Gasteiger partial charge in [0.15, 0.2) is 0 Å². The highest BCUT2D eigenvalue weighted by Gasteiger charge is 2.23. The van der Waals surface area contributed by atoms with Crippen molar-refractivity contribution in [3.8, 4) is 0 Å². The Bertz CT molecular complexity index is 1020. The van der Waals surface area contributed by atoms with Crippen molar-refractivity contribution in [1.82, 2.24) is 9.97 Å². The van der Waals surface area contributed by atoms with Crippen LogP contribution in [0, 0.1) is 25.5 Å². The van der Waals surface area contributed by atoms with Crippen LogP contribution in [0.4, 0.5) is 14.5 Å². The zero-order chi connectivity index (χ0) is 19.2. The Morgan fingerprint density at radius 1 is 1.15 bits per heavy atom. The SMILES string of the molecule is Cc1nc(C(C)(C)C)nc2sc(C(=O)Nc3ccc(F)cc3F)c(C)c12. The highest BCUT2D eigenvalue weighted by atomic mass is 32.1. The molecule has 2 heterocycles. The van der Waals surface area contributed by atoms with Crippen LogP contribution in [0.1, 0.15) is 47.5 Å². The van der Waals surface area contributed by atoms with E-state index in [4.69, 9.17) is 0 Å². The second kappa shape index (κ2) is 6.39. The van der Waals surface area contributed by atoms with E-state index in [2.05, 4.69) is 15.3 Å². The normalized spacial score (nSPS) is 11.8. The van der Waals surface area contributed by atoms with E-state index in [9.17, 15) is 13.6 Å². The van der Waals surface area contributed by atoms with E-state index >= 15 is 0 Å². The van der Waals surface area contributed by atoms with Crippen molar-refractivity contribution in [2.75, 3.05) is 5.32 Å². The van der Waals surface area contributed by atoms with Crippen molar-refractivity contribution < 1.29 is 13.6 Å². The number of aryl methyl sites for hydroxylation is 2. The monoisotopic (exact) mass is 375 g/mol. The van der Waals surface area contributed by atoms with Gasteiger partial charge in [0.2, 0.25) is 0 Å². The second-order valence-corrected chi connectivity index (χ2v) is 8.20. The second-order valence-electron chi connectivity index (χ2n) is 7.20. The van der Waals surface area contributed by atoms with Crippen molar-refractivity contribution in [3.63, 3.8) is 0 Å². The molecule has 0 spiro atoms. The van der Waals surface area contributed by atoms with Gasteiger partial charge in [0.05, 0.1) is 16.3 Å². The molecule has 0 aliphatic heterocycles. The van der Waals surface area contributed by atoms with E-state index in [1.54, 1.807) is 0 Å². The molecule has 0 unspecified atom stereocenters. The van der Waals surface area contributed by atoms with Gasteiger partial charge in [-0.05, 0) is 31.5 Å². The molecule has 4 nitrogen and oxygen atoms in total. The molecule has 0 saturated carbocycles. The van der Waals surface area contributed by atoms with Gasteiger partial charge in [-0.15, -0.1) is 11.3 Å². The third-order valence-corrected chi connectivity index (χ3v) is 5.21. The maximum absolute atomic E-state index is 13.8. The molecule has 3 rings (SSSR count). The first-order valence-corrected chi connectivity index (χ1v) is 8.94. The highest BCUT2D eigenvalue weighted by Crippen LogP contribution is 2.33. The lowest BCUT2D eigenvalue weighted by Crippen LogP contribution is -2.16. The number of carbonyl (C=O) groups excluding carboxylic acids is 1. The number of nitrogens with zero attached hydrogens (tertiary/aromatic N) is 2. The molecule has 0 atom stereocenters. The Kier molecular flexibility index (Phi) is 4.52. The molecule has 2 aromatic heterocycles. The number of amides is 1. The first kappa shape index (κ1) is 18.4. The van der Waals surface area contributed by atoms with E-state index in [1.807, 2.05) is 34.6 Å². The summed E-state index contributed by atoms with van der Waals surface area (Å²) in [6.45, 7) is 9.79. The Morgan fingerprint density at radius 3 is 2.46 bits per heavy atom. The Hall–Kier alpha value is -2.41. The van der Waals surface area contributed by atoms with E-state index in [0.717, 1.165) is 33.6 Å². The molecule has 0 radical (unpaired) electrons. The number of fused-ring (bicyclic) bond motifs is 1. The number of anilines is 1. The molecule has 0 fully saturated rings. The lowest BCUT2D eigenvalue weighted by molar-refractivity contribution is 0.102. The number of carbonyl (C=O) groups is 1. The van der Waals surface area contributed by atoms with E-state index in [-0.39, 0.29) is 11.1 Å². The minimum Gasteiger partial charge on any atom is -0.319 e. The zero-order valence-electron chi connectivity index (χ0n) is 15.2. The molecular formula is C19H19F2N3OS. The average Bonchev–Trinajstić information content (AvgIpc) is 2.87. The minimum absolute atomic E-state index is 0.0635. The number of hydrogen-bond acceptors (Lipinski definition) is 4. The van der Waals surface area contributed by atoms with E-state index < -0.39 is 17.5 Å². The molecule has 0 aliphatic carbocycles. The summed E-state index contributed by atoms with van der Waals surface area (Å²) in [5.74, 6) is -1.25. The van der Waals surface area contributed by atoms with Crippen LogP contribution in [-0.2, 0) is 5.41 Å². The first-order chi connectivity index (χ1) is 12.1. The molecule has 1 amide bonds. The Morgan fingerprint density at radius 2 is 1.85 bits per heavy atom. The number of halogens is 2. The number of hydrogen-bond donors (Lipinski definition) is 1. The summed E-state index contributed by atoms with van der Waals surface area (Å²) >= 11 is 1.25. The summed E-state index contributed by atoms with van der Waals surface area (Å²) in [4.78, 5) is 23.0. The van der Waals surface area contributed by atoms with Crippen LogP contribution < -0.4 is 5.32 Å². The molecule has 26 heavy (non-hydrogen) atoms. The smallest absolute Gasteiger partial charge is 0.266 e. The van der Waals surface area contributed by atoms with Crippen molar-refractivity contribution in [1.29, 1.82) is 0 Å². The third-order valence-electron chi connectivity index (χ3n) is 4.03. The van der Waals surface area contributed by atoms with Crippen LogP contribution in [0.3, 0.4) is 0 Å². The van der Waals surface area contributed by atoms with Crippen LogP contribution in [0.25, 0.3) is 10.2 Å². The van der Waals surface area contributed by atoms with Crippen molar-refractivity contribution in [2.24, 2.45) is 0 Å². The predicted octanol–water partition coefficient (Wildman–Crippen LogP) is 5.14. The molecule has 0 bridgehead atoms. The Balaban J connectivity index is 2.03. The summed E-state index contributed by atoms with van der Waals surface area (Å²) in [7, 11) is 0. The number of rotatable bonds is 2. The average molecular weight is 375 g/mol. The number of benzene rings is 1. The predicted molar refractivity (Wildman–Crippen MR) is 99.9 cm³/mol. The van der Waals surface area contributed by atoms with Gasteiger partial charge >= 0.3 is 0 Å². The van der Waals surface area contributed by atoms with Gasteiger partial charge in [0, 0.05) is 16.9 Å². The van der Waals surface area contributed by atoms with Crippen LogP contribution >= 0.6 is 11.3 Å². The largest absolute Gasteiger partial charge is 0.319 e. The molecule has 0 saturated heterocycles. The summed E-state index contributed by atoms with van der Waals surface area (Å²) in [6, 6.07) is 3.04. The van der Waals surface area contributed by atoms with Crippen LogP contribution in [-0.4, -0.2) is 15.9 Å². The highest BCUT2D eigenvalue weighted by molar-refractivity contribution is 7.20. The van der Waals surface area contributed by atoms with E-state index in [1.165, 1.54) is 17.4 Å². The zero-order valence-corrected chi connectivity index (χ0v) is 16.0. The summed E-state index contributed by atoms with van der Waals surface area (Å²) in [6.07, 6.45) is 0. The lowest BCUT2D eigenvalue weighted by atomic mass is 9.95. The van der Waals surface area contributed by atoms with Gasteiger partial charge in [-0.25, -0.2) is 18.7 Å². The molecule has 1 aromatic carbocycles. The fraction of sp³-hybridized carbons (Fsp3) is 0.316. The Labute approximate surface area is 154 Å². The van der Waals surface area contributed by atoms with Crippen LogP contribution in [0.5, 0.6) is 0 Å². The van der Waals surface area contributed by atoms with Crippen molar-refractivity contribution >= 4 is 33.1 Å². The third kappa shape index (κ3) is 3.31. The quantitative estimate of drug-likeness (QED) is 0.675. The van der Waals surface area contributed by atoms with Crippen molar-refractivity contribution in [2.45, 2.75) is 40.0 Å². The summed E-state index contributed by atoms with van der Waals surface area (Å²) in [5, 5.41) is 3.34. The van der Waals surface area contributed by atoms with Gasteiger partial charge in [-0.3, -0.25) is 4.79 Å². The fourth-order valence-electron chi connectivity index (χ4n) is 2.66. The number of aromatic nitrogens is 2.